The molecule has 0 unspecified atom stereocenters. The number of Topliss-reactive ketones (excluding diaryl/α,β-unsaturated/α-hetero) is 1. The highest BCUT2D eigenvalue weighted by Gasteiger charge is 2.28. The Labute approximate surface area is 162 Å². The zero-order valence-corrected chi connectivity index (χ0v) is 15.7. The van der Waals surface area contributed by atoms with Gasteiger partial charge in [0.05, 0.1) is 5.56 Å². The minimum atomic E-state index is -0.0932. The quantitative estimate of drug-likeness (QED) is 0.522. The van der Waals surface area contributed by atoms with Crippen LogP contribution in [-0.2, 0) is 6.61 Å². The van der Waals surface area contributed by atoms with Gasteiger partial charge in [-0.2, -0.15) is 0 Å². The summed E-state index contributed by atoms with van der Waals surface area (Å²) in [5.74, 6) is 1.47. The zero-order chi connectivity index (χ0) is 18.8. The normalized spacial score (nSPS) is 14.1. The molecule has 1 aromatic heterocycles. The van der Waals surface area contributed by atoms with E-state index in [2.05, 4.69) is 6.58 Å². The van der Waals surface area contributed by atoms with Crippen LogP contribution in [0.4, 0.5) is 0 Å². The van der Waals surface area contributed by atoms with Crippen molar-refractivity contribution in [1.29, 1.82) is 0 Å². The van der Waals surface area contributed by atoms with Gasteiger partial charge in [0.2, 0.25) is 5.78 Å². The predicted molar refractivity (Wildman–Crippen MR) is 109 cm³/mol. The molecule has 1 aliphatic rings. The Morgan fingerprint density at radius 3 is 2.67 bits per heavy atom. The molecule has 0 N–H and O–H groups in total. The third-order valence-electron chi connectivity index (χ3n) is 4.43. The lowest BCUT2D eigenvalue weighted by atomic mass is 10.1. The molecule has 3 aromatic rings. The Hall–Kier alpha value is -3.11. The smallest absolute Gasteiger partial charge is 0.232 e. The van der Waals surface area contributed by atoms with Crippen LogP contribution in [0, 0.1) is 6.92 Å². The van der Waals surface area contributed by atoms with E-state index in [9.17, 15) is 4.79 Å². The molecule has 3 nitrogen and oxygen atoms in total. The van der Waals surface area contributed by atoms with E-state index in [-0.39, 0.29) is 5.78 Å². The molecule has 1 aliphatic heterocycles. The van der Waals surface area contributed by atoms with Gasteiger partial charge in [-0.05, 0) is 47.2 Å². The molecule has 27 heavy (non-hydrogen) atoms. The fourth-order valence-electron chi connectivity index (χ4n) is 2.83. The molecule has 2 aromatic carbocycles. The van der Waals surface area contributed by atoms with Crippen LogP contribution in [0.2, 0.25) is 0 Å². The largest absolute Gasteiger partial charge is 0.489 e. The zero-order valence-electron chi connectivity index (χ0n) is 14.9. The molecule has 0 saturated heterocycles. The molecule has 0 atom stereocenters. The number of carbonyl (C=O) groups excluding carboxylic acids is 1. The molecule has 0 saturated carbocycles. The number of rotatable bonds is 5. The lowest BCUT2D eigenvalue weighted by Crippen LogP contribution is -1.97. The van der Waals surface area contributed by atoms with Crippen molar-refractivity contribution in [3.8, 4) is 11.5 Å². The van der Waals surface area contributed by atoms with E-state index < -0.39 is 0 Å². The lowest BCUT2D eigenvalue weighted by Gasteiger charge is -2.07. The number of allylic oxidation sites excluding steroid dienone is 1. The standard InChI is InChI=1S/C23H18O3S/c1-3-16-4-6-17(7-5-16)14-25-18-8-9-19-20(12-18)26-21(23(19)24)13-22-15(2)10-11-27-22/h3-13H,1,14H2,2H3. The Bertz CT molecular complexity index is 1040. The van der Waals surface area contributed by atoms with E-state index >= 15 is 0 Å². The third-order valence-corrected chi connectivity index (χ3v) is 5.39. The molecule has 134 valence electrons. The van der Waals surface area contributed by atoms with Gasteiger partial charge >= 0.3 is 0 Å². The Balaban J connectivity index is 1.49. The minimum Gasteiger partial charge on any atom is -0.489 e. The van der Waals surface area contributed by atoms with Gasteiger partial charge in [0.1, 0.15) is 18.1 Å². The van der Waals surface area contributed by atoms with E-state index in [0.717, 1.165) is 21.6 Å². The number of thiophene rings is 1. The first-order valence-electron chi connectivity index (χ1n) is 8.60. The van der Waals surface area contributed by atoms with Crippen molar-refractivity contribution in [3.05, 3.63) is 93.4 Å². The number of aryl methyl sites for hydroxylation is 1. The second-order valence-corrected chi connectivity index (χ2v) is 7.25. The van der Waals surface area contributed by atoms with E-state index in [4.69, 9.17) is 9.47 Å². The number of fused-ring (bicyclic) bond motifs is 1. The van der Waals surface area contributed by atoms with Gasteiger partial charge in [0.15, 0.2) is 5.76 Å². The molecular weight excluding hydrogens is 356 g/mol. The van der Waals surface area contributed by atoms with E-state index in [1.165, 1.54) is 0 Å². The van der Waals surface area contributed by atoms with Crippen molar-refractivity contribution in [2.24, 2.45) is 0 Å². The fourth-order valence-corrected chi connectivity index (χ4v) is 3.67. The van der Waals surface area contributed by atoms with Gasteiger partial charge in [-0.15, -0.1) is 11.3 Å². The van der Waals surface area contributed by atoms with E-state index in [1.54, 1.807) is 29.5 Å². The van der Waals surface area contributed by atoms with Crippen LogP contribution >= 0.6 is 11.3 Å². The number of carbonyl (C=O) groups is 1. The summed E-state index contributed by atoms with van der Waals surface area (Å²) in [6.07, 6.45) is 3.62. The number of ketones is 1. The van der Waals surface area contributed by atoms with Gasteiger partial charge < -0.3 is 9.47 Å². The highest BCUT2D eigenvalue weighted by Crippen LogP contribution is 2.35. The van der Waals surface area contributed by atoms with E-state index in [0.29, 0.717) is 29.4 Å². The first-order chi connectivity index (χ1) is 13.1. The first-order valence-corrected chi connectivity index (χ1v) is 9.48. The SMILES string of the molecule is C=Cc1ccc(COc2ccc3c(c2)OC(=Cc2sccc2C)C3=O)cc1. The topological polar surface area (TPSA) is 35.5 Å². The summed E-state index contributed by atoms with van der Waals surface area (Å²) in [6.45, 7) is 6.21. The van der Waals surface area contributed by atoms with Crippen LogP contribution in [0.5, 0.6) is 11.5 Å². The maximum atomic E-state index is 12.5. The summed E-state index contributed by atoms with van der Waals surface area (Å²) in [4.78, 5) is 13.6. The van der Waals surface area contributed by atoms with Gasteiger partial charge in [0, 0.05) is 17.0 Å². The van der Waals surface area contributed by atoms with Crippen LogP contribution in [0.25, 0.3) is 12.2 Å². The number of hydrogen-bond acceptors (Lipinski definition) is 4. The monoisotopic (exact) mass is 374 g/mol. The summed E-state index contributed by atoms with van der Waals surface area (Å²) < 4.78 is 11.6. The van der Waals surface area contributed by atoms with Crippen molar-refractivity contribution in [1.82, 2.24) is 0 Å². The van der Waals surface area contributed by atoms with Gasteiger partial charge in [-0.1, -0.05) is 36.9 Å². The molecule has 4 rings (SSSR count). The summed E-state index contributed by atoms with van der Waals surface area (Å²) in [5.41, 5.74) is 3.83. The van der Waals surface area contributed by atoms with Gasteiger partial charge in [-0.25, -0.2) is 0 Å². The molecule has 0 aliphatic carbocycles. The van der Waals surface area contributed by atoms with Crippen LogP contribution in [0.1, 0.15) is 31.9 Å². The van der Waals surface area contributed by atoms with Crippen molar-refractivity contribution in [3.63, 3.8) is 0 Å². The fraction of sp³-hybridized carbons (Fsp3) is 0.0870. The average Bonchev–Trinajstić information content (AvgIpc) is 3.24. The second-order valence-electron chi connectivity index (χ2n) is 6.30. The van der Waals surface area contributed by atoms with Crippen molar-refractivity contribution in [2.45, 2.75) is 13.5 Å². The maximum Gasteiger partial charge on any atom is 0.232 e. The molecule has 4 heteroatoms. The molecule has 0 spiro atoms. The number of ether oxygens (including phenoxy) is 2. The minimum absolute atomic E-state index is 0.0932. The number of hydrogen-bond donors (Lipinski definition) is 0. The highest BCUT2D eigenvalue weighted by molar-refractivity contribution is 7.11. The summed E-state index contributed by atoms with van der Waals surface area (Å²) in [6, 6.07) is 15.4. The maximum absolute atomic E-state index is 12.5. The highest BCUT2D eigenvalue weighted by atomic mass is 32.1. The second kappa shape index (κ2) is 7.25. The van der Waals surface area contributed by atoms with Crippen LogP contribution in [0.3, 0.4) is 0 Å². The third kappa shape index (κ3) is 3.57. The molecular formula is C23H18O3S. The molecule has 0 fully saturated rings. The molecule has 0 amide bonds. The summed E-state index contributed by atoms with van der Waals surface area (Å²) >= 11 is 1.59. The summed E-state index contributed by atoms with van der Waals surface area (Å²) in [5, 5.41) is 2.00. The van der Waals surface area contributed by atoms with Crippen LogP contribution in [0.15, 0.2) is 66.2 Å². The van der Waals surface area contributed by atoms with E-state index in [1.807, 2.05) is 54.8 Å². The lowest BCUT2D eigenvalue weighted by molar-refractivity contribution is 0.101. The Morgan fingerprint density at radius 2 is 1.96 bits per heavy atom. The van der Waals surface area contributed by atoms with Gasteiger partial charge in [0.25, 0.3) is 0 Å². The average molecular weight is 374 g/mol. The predicted octanol–water partition coefficient (Wildman–Crippen LogP) is 5.89. The van der Waals surface area contributed by atoms with Gasteiger partial charge in [-0.3, -0.25) is 4.79 Å². The molecule has 0 bridgehead atoms. The Kier molecular flexibility index (Phi) is 4.65. The first kappa shape index (κ1) is 17.3. The van der Waals surface area contributed by atoms with Crippen molar-refractivity contribution >= 4 is 29.3 Å². The Morgan fingerprint density at radius 1 is 1.15 bits per heavy atom. The molecule has 0 radical (unpaired) electrons. The molecule has 2 heterocycles. The number of benzene rings is 2. The van der Waals surface area contributed by atoms with Crippen molar-refractivity contribution in [2.75, 3.05) is 0 Å². The summed E-state index contributed by atoms with van der Waals surface area (Å²) in [7, 11) is 0. The van der Waals surface area contributed by atoms with Crippen molar-refractivity contribution < 1.29 is 14.3 Å². The van der Waals surface area contributed by atoms with Crippen LogP contribution in [-0.4, -0.2) is 5.78 Å². The van der Waals surface area contributed by atoms with Crippen LogP contribution < -0.4 is 9.47 Å².